The van der Waals surface area contributed by atoms with E-state index in [0.717, 1.165) is 0 Å². The number of amides is 2. The Balaban J connectivity index is 2.05. The molecule has 9 heteroatoms. The summed E-state index contributed by atoms with van der Waals surface area (Å²) in [7, 11) is 1.79. The molecule has 0 saturated carbocycles. The van der Waals surface area contributed by atoms with Crippen molar-refractivity contribution in [3.8, 4) is 0 Å². The van der Waals surface area contributed by atoms with Crippen LogP contribution in [-0.2, 0) is 16.6 Å². The SMILES string of the molecule is Cn1cnc(I)c1/C=C1\C(=O)NC(=S)N(c2ccc(Cl)cc2)C1=O. The highest BCUT2D eigenvalue weighted by Crippen LogP contribution is 2.24. The lowest BCUT2D eigenvalue weighted by Crippen LogP contribution is -2.54. The Morgan fingerprint density at radius 2 is 1.96 bits per heavy atom. The van der Waals surface area contributed by atoms with E-state index in [4.69, 9.17) is 23.8 Å². The number of halogens is 2. The maximum absolute atomic E-state index is 12.8. The van der Waals surface area contributed by atoms with Crippen LogP contribution in [0.4, 0.5) is 5.69 Å². The molecular formula is C15H10ClIN4O2S. The van der Waals surface area contributed by atoms with Gasteiger partial charge in [-0.05, 0) is 65.2 Å². The molecule has 0 radical (unpaired) electrons. The summed E-state index contributed by atoms with van der Waals surface area (Å²) in [5.74, 6) is -1.03. The number of hydrogen-bond acceptors (Lipinski definition) is 4. The molecular weight excluding hydrogens is 463 g/mol. The van der Waals surface area contributed by atoms with Gasteiger partial charge in [0.1, 0.15) is 9.27 Å². The van der Waals surface area contributed by atoms with Crippen LogP contribution in [0.15, 0.2) is 36.2 Å². The summed E-state index contributed by atoms with van der Waals surface area (Å²) >= 11 is 13.1. The number of hydrogen-bond donors (Lipinski definition) is 1. The molecule has 0 atom stereocenters. The lowest BCUT2D eigenvalue weighted by atomic mass is 10.1. The Morgan fingerprint density at radius 3 is 2.54 bits per heavy atom. The molecule has 1 N–H and O–H groups in total. The van der Waals surface area contributed by atoms with Crippen LogP contribution in [0.1, 0.15) is 5.69 Å². The molecule has 1 aliphatic heterocycles. The zero-order valence-electron chi connectivity index (χ0n) is 12.3. The van der Waals surface area contributed by atoms with E-state index in [0.29, 0.717) is 20.1 Å². The molecule has 0 bridgehead atoms. The molecule has 1 aliphatic rings. The van der Waals surface area contributed by atoms with Crippen LogP contribution < -0.4 is 10.2 Å². The molecule has 0 aliphatic carbocycles. The molecule has 1 fully saturated rings. The minimum Gasteiger partial charge on any atom is -0.333 e. The maximum Gasteiger partial charge on any atom is 0.270 e. The van der Waals surface area contributed by atoms with Crippen molar-refractivity contribution >= 4 is 75.1 Å². The average molecular weight is 473 g/mol. The smallest absolute Gasteiger partial charge is 0.270 e. The van der Waals surface area contributed by atoms with Gasteiger partial charge in [-0.1, -0.05) is 11.6 Å². The van der Waals surface area contributed by atoms with Crippen LogP contribution in [0.3, 0.4) is 0 Å². The highest BCUT2D eigenvalue weighted by molar-refractivity contribution is 14.1. The number of carbonyl (C=O) groups is 2. The molecule has 0 spiro atoms. The Labute approximate surface area is 161 Å². The quantitative estimate of drug-likeness (QED) is 0.316. The first-order valence-corrected chi connectivity index (χ1v) is 8.59. The van der Waals surface area contributed by atoms with Crippen molar-refractivity contribution in [2.75, 3.05) is 4.90 Å². The van der Waals surface area contributed by atoms with Crippen molar-refractivity contribution in [1.29, 1.82) is 0 Å². The van der Waals surface area contributed by atoms with Gasteiger partial charge in [-0.3, -0.25) is 19.8 Å². The Hall–Kier alpha value is -1.78. The van der Waals surface area contributed by atoms with Gasteiger partial charge in [0.25, 0.3) is 11.8 Å². The number of nitrogens with one attached hydrogen (secondary N) is 1. The fourth-order valence-electron chi connectivity index (χ4n) is 2.19. The van der Waals surface area contributed by atoms with Crippen molar-refractivity contribution in [1.82, 2.24) is 14.9 Å². The summed E-state index contributed by atoms with van der Waals surface area (Å²) in [6.07, 6.45) is 3.12. The molecule has 1 aromatic heterocycles. The van der Waals surface area contributed by atoms with E-state index in [1.54, 1.807) is 42.2 Å². The zero-order valence-corrected chi connectivity index (χ0v) is 16.0. The summed E-state index contributed by atoms with van der Waals surface area (Å²) in [5.41, 5.74) is 1.18. The maximum atomic E-state index is 12.8. The van der Waals surface area contributed by atoms with Gasteiger partial charge in [-0.15, -0.1) is 0 Å². The summed E-state index contributed by atoms with van der Waals surface area (Å²) in [4.78, 5) is 30.5. The predicted molar refractivity (Wildman–Crippen MR) is 104 cm³/mol. The van der Waals surface area contributed by atoms with Crippen LogP contribution in [-0.4, -0.2) is 26.5 Å². The van der Waals surface area contributed by atoms with Gasteiger partial charge in [0.05, 0.1) is 17.7 Å². The monoisotopic (exact) mass is 472 g/mol. The normalized spacial score (nSPS) is 16.7. The van der Waals surface area contributed by atoms with Crippen molar-refractivity contribution in [3.63, 3.8) is 0 Å². The number of aromatic nitrogens is 2. The number of anilines is 1. The third-order valence-corrected chi connectivity index (χ3v) is 4.77. The first kappa shape index (κ1) is 17.1. The molecule has 2 aromatic rings. The predicted octanol–water partition coefficient (Wildman–Crippen LogP) is 2.51. The minimum atomic E-state index is -0.535. The lowest BCUT2D eigenvalue weighted by molar-refractivity contribution is -0.122. The van der Waals surface area contributed by atoms with E-state index in [2.05, 4.69) is 10.3 Å². The Morgan fingerprint density at radius 1 is 1.29 bits per heavy atom. The topological polar surface area (TPSA) is 67.2 Å². The van der Waals surface area contributed by atoms with Crippen LogP contribution >= 0.6 is 46.4 Å². The van der Waals surface area contributed by atoms with Gasteiger partial charge in [-0.2, -0.15) is 0 Å². The molecule has 2 amide bonds. The second kappa shape index (κ2) is 6.61. The molecule has 0 unspecified atom stereocenters. The van der Waals surface area contributed by atoms with Gasteiger partial charge >= 0.3 is 0 Å². The standard InChI is InChI=1S/C15H10ClIN4O2S/c1-20-7-18-12(17)11(20)6-10-13(22)19-15(24)21(14(10)23)9-4-2-8(16)3-5-9/h2-7H,1H3,(H,19,22,24)/b10-6+. The second-order valence-electron chi connectivity index (χ2n) is 4.97. The molecule has 3 rings (SSSR count). The van der Waals surface area contributed by atoms with Crippen LogP contribution in [0.2, 0.25) is 5.02 Å². The van der Waals surface area contributed by atoms with Crippen LogP contribution in [0.5, 0.6) is 0 Å². The highest BCUT2D eigenvalue weighted by atomic mass is 127. The van der Waals surface area contributed by atoms with Gasteiger partial charge in [0.2, 0.25) is 0 Å². The number of benzene rings is 1. The highest BCUT2D eigenvalue weighted by Gasteiger charge is 2.34. The van der Waals surface area contributed by atoms with E-state index in [-0.39, 0.29) is 10.7 Å². The third kappa shape index (κ3) is 3.08. The van der Waals surface area contributed by atoms with Gasteiger partial charge < -0.3 is 4.57 Å². The summed E-state index contributed by atoms with van der Waals surface area (Å²) in [6, 6.07) is 6.62. The zero-order chi connectivity index (χ0) is 17.4. The van der Waals surface area contributed by atoms with Gasteiger partial charge in [0, 0.05) is 12.1 Å². The number of aryl methyl sites for hydroxylation is 1. The van der Waals surface area contributed by atoms with E-state index in [1.807, 2.05) is 22.6 Å². The fraction of sp³-hybridized carbons (Fsp3) is 0.0667. The van der Waals surface area contributed by atoms with Crippen LogP contribution in [0.25, 0.3) is 6.08 Å². The van der Waals surface area contributed by atoms with Crippen molar-refractivity contribution < 1.29 is 9.59 Å². The molecule has 24 heavy (non-hydrogen) atoms. The van der Waals surface area contributed by atoms with Crippen LogP contribution in [0, 0.1) is 3.70 Å². The summed E-state index contributed by atoms with van der Waals surface area (Å²) in [6.45, 7) is 0. The second-order valence-corrected chi connectivity index (χ2v) is 6.81. The molecule has 6 nitrogen and oxygen atoms in total. The van der Waals surface area contributed by atoms with E-state index >= 15 is 0 Å². The molecule has 122 valence electrons. The van der Waals surface area contributed by atoms with Gasteiger partial charge in [-0.25, -0.2) is 4.98 Å². The summed E-state index contributed by atoms with van der Waals surface area (Å²) in [5, 5.41) is 3.11. The summed E-state index contributed by atoms with van der Waals surface area (Å²) < 4.78 is 2.42. The number of thiocarbonyl (C=S) groups is 1. The number of rotatable bonds is 2. The first-order valence-electron chi connectivity index (χ1n) is 6.72. The fourth-order valence-corrected chi connectivity index (χ4v) is 3.26. The Kier molecular flexibility index (Phi) is 4.70. The molecule has 2 heterocycles. The lowest BCUT2D eigenvalue weighted by Gasteiger charge is -2.28. The number of nitrogens with zero attached hydrogens (tertiary/aromatic N) is 3. The van der Waals surface area contributed by atoms with Crippen molar-refractivity contribution in [3.05, 3.63) is 50.6 Å². The van der Waals surface area contributed by atoms with E-state index < -0.39 is 11.8 Å². The molecule has 1 saturated heterocycles. The molecule has 1 aromatic carbocycles. The average Bonchev–Trinajstić information content (AvgIpc) is 2.84. The number of carbonyl (C=O) groups excluding carboxylic acids is 2. The van der Waals surface area contributed by atoms with E-state index in [1.165, 1.54) is 11.0 Å². The first-order chi connectivity index (χ1) is 11.4. The minimum absolute atomic E-state index is 0.0138. The third-order valence-electron chi connectivity index (χ3n) is 3.40. The van der Waals surface area contributed by atoms with Crippen molar-refractivity contribution in [2.45, 2.75) is 0 Å². The largest absolute Gasteiger partial charge is 0.333 e. The van der Waals surface area contributed by atoms with E-state index in [9.17, 15) is 9.59 Å². The Bertz CT molecular complexity index is 872. The van der Waals surface area contributed by atoms with Crippen molar-refractivity contribution in [2.24, 2.45) is 7.05 Å². The van der Waals surface area contributed by atoms with Gasteiger partial charge in [0.15, 0.2) is 5.11 Å². The number of imidazole rings is 1.